The third-order valence-corrected chi connectivity index (χ3v) is 4.95. The molecule has 2 heterocycles. The molecule has 4 nitrogen and oxygen atoms in total. The van der Waals surface area contributed by atoms with E-state index in [1.54, 1.807) is 4.90 Å². The van der Waals surface area contributed by atoms with Crippen molar-refractivity contribution in [1.82, 2.24) is 9.27 Å². The van der Waals surface area contributed by atoms with Crippen molar-refractivity contribution >= 4 is 17.4 Å². The van der Waals surface area contributed by atoms with Crippen molar-refractivity contribution in [2.24, 2.45) is 5.73 Å². The van der Waals surface area contributed by atoms with Crippen LogP contribution in [0.4, 0.5) is 13.2 Å². The van der Waals surface area contributed by atoms with Gasteiger partial charge in [-0.15, -0.1) is 0 Å². The monoisotopic (exact) mass is 355 g/mol. The second-order valence-corrected chi connectivity index (χ2v) is 6.92. The van der Waals surface area contributed by atoms with Crippen molar-refractivity contribution < 1.29 is 18.0 Å². The Morgan fingerprint density at radius 1 is 1.29 bits per heavy atom. The molecule has 1 aromatic carbocycles. The van der Waals surface area contributed by atoms with Gasteiger partial charge in [0.05, 0.1) is 12.2 Å². The highest BCUT2D eigenvalue weighted by Gasteiger charge is 2.28. The molecular weight excluding hydrogens is 339 g/mol. The summed E-state index contributed by atoms with van der Waals surface area (Å²) in [6.45, 7) is 2.91. The van der Waals surface area contributed by atoms with Crippen LogP contribution in [-0.2, 0) is 24.3 Å². The molecule has 0 bridgehead atoms. The normalized spacial score (nSPS) is 14.8. The van der Waals surface area contributed by atoms with Gasteiger partial charge in [0.2, 0.25) is 5.91 Å². The van der Waals surface area contributed by atoms with E-state index in [0.29, 0.717) is 19.2 Å². The summed E-state index contributed by atoms with van der Waals surface area (Å²) in [6, 6.07) is 0.602. The smallest absolute Gasteiger partial charge is 0.224 e. The molecule has 128 valence electrons. The number of aromatic nitrogens is 1. The minimum atomic E-state index is -1.24. The van der Waals surface area contributed by atoms with Crippen molar-refractivity contribution in [2.45, 2.75) is 38.9 Å². The predicted octanol–water partition coefficient (Wildman–Crippen LogP) is 2.67. The summed E-state index contributed by atoms with van der Waals surface area (Å²) < 4.78 is 44.1. The number of aryl methyl sites for hydroxylation is 1. The maximum absolute atomic E-state index is 13.6. The molecule has 24 heavy (non-hydrogen) atoms. The van der Waals surface area contributed by atoms with Gasteiger partial charge in [-0.2, -0.15) is 4.37 Å². The summed E-state index contributed by atoms with van der Waals surface area (Å²) in [5, 5.41) is 0. The van der Waals surface area contributed by atoms with Gasteiger partial charge in [0.1, 0.15) is 5.82 Å². The summed E-state index contributed by atoms with van der Waals surface area (Å²) in [5.41, 5.74) is 7.85. The van der Waals surface area contributed by atoms with E-state index in [1.807, 2.05) is 6.92 Å². The van der Waals surface area contributed by atoms with Crippen LogP contribution in [0, 0.1) is 24.4 Å². The van der Waals surface area contributed by atoms with Crippen molar-refractivity contribution in [2.75, 3.05) is 0 Å². The van der Waals surface area contributed by atoms with Crippen LogP contribution in [0.5, 0.6) is 0 Å². The van der Waals surface area contributed by atoms with Crippen molar-refractivity contribution in [3.63, 3.8) is 0 Å². The average Bonchev–Trinajstić information content (AvgIpc) is 3.07. The number of hydrogen-bond donors (Lipinski definition) is 1. The second-order valence-electron chi connectivity index (χ2n) is 5.94. The molecule has 3 rings (SSSR count). The van der Waals surface area contributed by atoms with Gasteiger partial charge < -0.3 is 10.6 Å². The molecule has 1 aliphatic heterocycles. The molecule has 1 aliphatic rings. The highest BCUT2D eigenvalue weighted by atomic mass is 32.1. The molecule has 8 heteroatoms. The first-order valence-corrected chi connectivity index (χ1v) is 8.23. The lowest BCUT2D eigenvalue weighted by Gasteiger charge is -2.19. The first kappa shape index (κ1) is 16.9. The molecule has 1 aromatic heterocycles. The lowest BCUT2D eigenvalue weighted by molar-refractivity contribution is -0.132. The first-order valence-electron chi connectivity index (χ1n) is 7.46. The second kappa shape index (κ2) is 6.52. The molecule has 2 aromatic rings. The fourth-order valence-electron chi connectivity index (χ4n) is 2.80. The third-order valence-electron chi connectivity index (χ3n) is 4.12. The van der Waals surface area contributed by atoms with Crippen molar-refractivity contribution in [3.05, 3.63) is 51.3 Å². The Balaban J connectivity index is 1.60. The number of nitrogens with zero attached hydrogens (tertiary/aromatic N) is 2. The van der Waals surface area contributed by atoms with E-state index in [9.17, 15) is 18.0 Å². The molecule has 0 radical (unpaired) electrons. The zero-order chi connectivity index (χ0) is 17.4. The molecule has 1 amide bonds. The van der Waals surface area contributed by atoms with Crippen LogP contribution in [0.3, 0.4) is 0 Å². The Morgan fingerprint density at radius 3 is 2.71 bits per heavy atom. The zero-order valence-corrected chi connectivity index (χ0v) is 13.8. The highest BCUT2D eigenvalue weighted by Crippen LogP contribution is 2.28. The molecule has 0 spiro atoms. The summed E-state index contributed by atoms with van der Waals surface area (Å²) in [4.78, 5) is 15.1. The van der Waals surface area contributed by atoms with Crippen molar-refractivity contribution in [3.8, 4) is 0 Å². The number of fused-ring (bicyclic) bond motifs is 1. The van der Waals surface area contributed by atoms with E-state index in [1.165, 1.54) is 11.5 Å². The summed E-state index contributed by atoms with van der Waals surface area (Å²) in [6.07, 6.45) is -0.0354. The van der Waals surface area contributed by atoms with Crippen LogP contribution in [-0.4, -0.2) is 21.2 Å². The van der Waals surface area contributed by atoms with Gasteiger partial charge in [0.15, 0.2) is 11.6 Å². The molecule has 2 N–H and O–H groups in total. The fourth-order valence-corrected chi connectivity index (χ4v) is 3.50. The average molecular weight is 355 g/mol. The van der Waals surface area contributed by atoms with Gasteiger partial charge in [-0.3, -0.25) is 4.79 Å². The number of carbonyl (C=O) groups excluding carboxylic acids is 1. The number of benzene rings is 1. The third kappa shape index (κ3) is 3.29. The van der Waals surface area contributed by atoms with Gasteiger partial charge in [-0.05, 0) is 36.5 Å². The topological polar surface area (TPSA) is 59.2 Å². The maximum atomic E-state index is 13.6. The number of amides is 1. The van der Waals surface area contributed by atoms with E-state index >= 15 is 0 Å². The van der Waals surface area contributed by atoms with Crippen LogP contribution in [0.1, 0.15) is 28.1 Å². The SMILES string of the molecule is Cc1snc2c1CN(C(=O)C[C@H](N)Cc1cc(F)c(F)cc1F)C2. The van der Waals surface area contributed by atoms with E-state index < -0.39 is 23.5 Å². The molecule has 1 atom stereocenters. The molecule has 0 aliphatic carbocycles. The Labute approximate surface area is 141 Å². The summed E-state index contributed by atoms with van der Waals surface area (Å²) >= 11 is 1.42. The minimum Gasteiger partial charge on any atom is -0.332 e. The molecular formula is C16H16F3N3OS. The van der Waals surface area contributed by atoms with E-state index in [-0.39, 0.29) is 24.3 Å². The molecule has 0 saturated heterocycles. The minimum absolute atomic E-state index is 0.00514. The summed E-state index contributed by atoms with van der Waals surface area (Å²) in [5.74, 6) is -3.39. The number of nitrogens with two attached hydrogens (primary N) is 1. The largest absolute Gasteiger partial charge is 0.332 e. The Hall–Kier alpha value is -1.93. The Bertz CT molecular complexity index is 793. The number of hydrogen-bond acceptors (Lipinski definition) is 4. The van der Waals surface area contributed by atoms with Gasteiger partial charge >= 0.3 is 0 Å². The molecule has 0 unspecified atom stereocenters. The van der Waals surface area contributed by atoms with Crippen LogP contribution in [0.25, 0.3) is 0 Å². The van der Waals surface area contributed by atoms with Gasteiger partial charge in [-0.1, -0.05) is 0 Å². The number of rotatable bonds is 4. The molecule has 0 saturated carbocycles. The Kier molecular flexibility index (Phi) is 4.60. The van der Waals surface area contributed by atoms with Gasteiger partial charge in [0.25, 0.3) is 0 Å². The first-order chi connectivity index (χ1) is 11.3. The quantitative estimate of drug-likeness (QED) is 0.858. The maximum Gasteiger partial charge on any atom is 0.224 e. The molecule has 0 fully saturated rings. The van der Waals surface area contributed by atoms with Crippen LogP contribution < -0.4 is 5.73 Å². The van der Waals surface area contributed by atoms with Crippen molar-refractivity contribution in [1.29, 1.82) is 0 Å². The lowest BCUT2D eigenvalue weighted by atomic mass is 10.0. The number of carbonyl (C=O) groups is 1. The van der Waals surface area contributed by atoms with Crippen LogP contribution in [0.2, 0.25) is 0 Å². The Morgan fingerprint density at radius 2 is 2.00 bits per heavy atom. The van der Waals surface area contributed by atoms with Crippen LogP contribution >= 0.6 is 11.5 Å². The fraction of sp³-hybridized carbons (Fsp3) is 0.375. The van der Waals surface area contributed by atoms with E-state index in [4.69, 9.17) is 5.73 Å². The van der Waals surface area contributed by atoms with E-state index in [2.05, 4.69) is 4.37 Å². The standard InChI is InChI=1S/C16H16F3N3OS/c1-8-11-6-22(7-15(11)21-24-8)16(23)4-10(20)2-9-3-13(18)14(19)5-12(9)17/h3,5,10H,2,4,6-7,20H2,1H3/t10-/m1/s1. The lowest BCUT2D eigenvalue weighted by Crippen LogP contribution is -2.34. The number of halogens is 3. The predicted molar refractivity (Wildman–Crippen MR) is 83.7 cm³/mol. The van der Waals surface area contributed by atoms with E-state index in [0.717, 1.165) is 22.2 Å². The summed E-state index contributed by atoms with van der Waals surface area (Å²) in [7, 11) is 0. The van der Waals surface area contributed by atoms with Gasteiger partial charge in [-0.25, -0.2) is 13.2 Å². The van der Waals surface area contributed by atoms with Gasteiger partial charge in [0, 0.05) is 35.5 Å². The van der Waals surface area contributed by atoms with Crippen LogP contribution in [0.15, 0.2) is 12.1 Å². The highest BCUT2D eigenvalue weighted by molar-refractivity contribution is 7.05. The zero-order valence-electron chi connectivity index (χ0n) is 13.0.